The average molecular weight is 332 g/mol. The fourth-order valence-electron chi connectivity index (χ4n) is 2.47. The molecule has 0 unspecified atom stereocenters. The Hall–Kier alpha value is -2.41. The Morgan fingerprint density at radius 2 is 2.09 bits per heavy atom. The number of hydrogen-bond donors (Lipinski definition) is 1. The molecule has 1 amide bonds. The number of nitrogens with zero attached hydrogens (tertiary/aromatic N) is 1. The van der Waals surface area contributed by atoms with E-state index < -0.39 is 0 Å². The summed E-state index contributed by atoms with van der Waals surface area (Å²) < 4.78 is 10.4. The van der Waals surface area contributed by atoms with Gasteiger partial charge in [0.1, 0.15) is 11.5 Å². The summed E-state index contributed by atoms with van der Waals surface area (Å²) in [5.74, 6) is 0.794. The molecule has 0 bridgehead atoms. The Kier molecular flexibility index (Phi) is 4.29. The van der Waals surface area contributed by atoms with Crippen LogP contribution in [0.25, 0.3) is 0 Å². The molecule has 120 valence electrons. The van der Waals surface area contributed by atoms with Gasteiger partial charge in [0.25, 0.3) is 5.91 Å². The Morgan fingerprint density at radius 1 is 1.26 bits per heavy atom. The standard InChI is InChI=1S/C16H16N2O4S/c1-21-9-6-7-10(13(8-9)22-2)15(20)18-16-17-11-4-3-5-12(19)14(11)23-16/h6-8H,3-5H2,1-2H3,(H,17,18,20). The maximum atomic E-state index is 12.4. The number of amides is 1. The molecule has 1 aromatic heterocycles. The van der Waals surface area contributed by atoms with E-state index in [0.29, 0.717) is 33.5 Å². The summed E-state index contributed by atoms with van der Waals surface area (Å²) in [4.78, 5) is 29.3. The molecule has 6 nitrogen and oxygen atoms in total. The van der Waals surface area contributed by atoms with Crippen LogP contribution in [0.5, 0.6) is 11.5 Å². The zero-order valence-electron chi connectivity index (χ0n) is 12.8. The number of carbonyl (C=O) groups is 2. The quantitative estimate of drug-likeness (QED) is 0.931. The van der Waals surface area contributed by atoms with Crippen LogP contribution in [0.3, 0.4) is 0 Å². The van der Waals surface area contributed by atoms with Crippen molar-refractivity contribution in [2.24, 2.45) is 0 Å². The molecule has 1 aliphatic rings. The lowest BCUT2D eigenvalue weighted by molar-refractivity contribution is 0.0975. The van der Waals surface area contributed by atoms with Crippen LogP contribution in [0.15, 0.2) is 18.2 Å². The lowest BCUT2D eigenvalue weighted by atomic mass is 10.0. The molecular weight excluding hydrogens is 316 g/mol. The van der Waals surface area contributed by atoms with Gasteiger partial charge in [-0.1, -0.05) is 11.3 Å². The number of methoxy groups -OCH3 is 2. The Morgan fingerprint density at radius 3 is 2.78 bits per heavy atom. The first-order valence-corrected chi connectivity index (χ1v) is 8.00. The van der Waals surface area contributed by atoms with Crippen LogP contribution in [0.2, 0.25) is 0 Å². The van der Waals surface area contributed by atoms with Crippen molar-refractivity contribution in [2.45, 2.75) is 19.3 Å². The second kappa shape index (κ2) is 6.37. The van der Waals surface area contributed by atoms with Gasteiger partial charge >= 0.3 is 0 Å². The van der Waals surface area contributed by atoms with Gasteiger partial charge in [-0.2, -0.15) is 0 Å². The molecule has 0 radical (unpaired) electrons. The first-order valence-electron chi connectivity index (χ1n) is 7.18. The number of fused-ring (bicyclic) bond motifs is 1. The molecule has 1 heterocycles. The van der Waals surface area contributed by atoms with Gasteiger partial charge in [0, 0.05) is 12.5 Å². The summed E-state index contributed by atoms with van der Waals surface area (Å²) in [6, 6.07) is 4.96. The zero-order chi connectivity index (χ0) is 16.4. The number of nitrogens with one attached hydrogen (secondary N) is 1. The zero-order valence-corrected chi connectivity index (χ0v) is 13.7. The van der Waals surface area contributed by atoms with Gasteiger partial charge in [0.2, 0.25) is 0 Å². The van der Waals surface area contributed by atoms with E-state index in [1.807, 2.05) is 0 Å². The maximum absolute atomic E-state index is 12.4. The van der Waals surface area contributed by atoms with Crippen LogP contribution in [0, 0.1) is 0 Å². The van der Waals surface area contributed by atoms with Crippen molar-refractivity contribution in [3.05, 3.63) is 34.3 Å². The SMILES string of the molecule is COc1ccc(C(=O)Nc2nc3c(s2)C(=O)CCC3)c(OC)c1. The number of thiazole rings is 1. The fraction of sp³-hybridized carbons (Fsp3) is 0.312. The average Bonchev–Trinajstić information content (AvgIpc) is 2.98. The molecule has 0 aliphatic heterocycles. The van der Waals surface area contributed by atoms with Crippen molar-refractivity contribution >= 4 is 28.2 Å². The lowest BCUT2D eigenvalue weighted by Gasteiger charge is -2.09. The number of rotatable bonds is 4. The number of Topliss-reactive ketones (excluding diaryl/α,β-unsaturated/α-hetero) is 1. The summed E-state index contributed by atoms with van der Waals surface area (Å²) >= 11 is 1.23. The van der Waals surface area contributed by atoms with Gasteiger partial charge in [-0.05, 0) is 25.0 Å². The minimum absolute atomic E-state index is 0.103. The molecule has 1 aliphatic carbocycles. The smallest absolute Gasteiger partial charge is 0.261 e. The van der Waals surface area contributed by atoms with Crippen molar-refractivity contribution in [1.82, 2.24) is 4.98 Å². The topological polar surface area (TPSA) is 77.5 Å². The monoisotopic (exact) mass is 332 g/mol. The summed E-state index contributed by atoms with van der Waals surface area (Å²) in [5, 5.41) is 3.18. The maximum Gasteiger partial charge on any atom is 0.261 e. The molecule has 0 saturated carbocycles. The Labute approximate surface area is 137 Å². The third-order valence-electron chi connectivity index (χ3n) is 3.64. The first kappa shape index (κ1) is 15.5. The molecule has 0 spiro atoms. The van der Waals surface area contributed by atoms with Crippen LogP contribution in [-0.2, 0) is 6.42 Å². The van der Waals surface area contributed by atoms with Crippen molar-refractivity contribution in [3.63, 3.8) is 0 Å². The van der Waals surface area contributed by atoms with Crippen molar-refractivity contribution in [1.29, 1.82) is 0 Å². The highest BCUT2D eigenvalue weighted by molar-refractivity contribution is 7.17. The van der Waals surface area contributed by atoms with Crippen LogP contribution in [-0.4, -0.2) is 30.9 Å². The fourth-order valence-corrected chi connectivity index (χ4v) is 3.45. The van der Waals surface area contributed by atoms with Gasteiger partial charge in [-0.15, -0.1) is 0 Å². The Bertz CT molecular complexity index is 769. The van der Waals surface area contributed by atoms with Crippen LogP contribution in [0.4, 0.5) is 5.13 Å². The highest BCUT2D eigenvalue weighted by Gasteiger charge is 2.23. The normalized spacial score (nSPS) is 13.4. The molecule has 2 aromatic rings. The molecule has 23 heavy (non-hydrogen) atoms. The van der Waals surface area contributed by atoms with E-state index in [0.717, 1.165) is 18.5 Å². The van der Waals surface area contributed by atoms with Crippen LogP contribution < -0.4 is 14.8 Å². The van der Waals surface area contributed by atoms with E-state index >= 15 is 0 Å². The van der Waals surface area contributed by atoms with Gasteiger partial charge in [-0.3, -0.25) is 14.9 Å². The molecule has 3 rings (SSSR count). The number of ketones is 1. The summed E-state index contributed by atoms with van der Waals surface area (Å²) in [6.45, 7) is 0. The second-order valence-electron chi connectivity index (χ2n) is 5.09. The number of hydrogen-bond acceptors (Lipinski definition) is 6. The van der Waals surface area contributed by atoms with E-state index in [2.05, 4.69) is 10.3 Å². The van der Waals surface area contributed by atoms with Crippen molar-refractivity contribution in [2.75, 3.05) is 19.5 Å². The van der Waals surface area contributed by atoms with Crippen LogP contribution >= 0.6 is 11.3 Å². The molecular formula is C16H16N2O4S. The van der Waals surface area contributed by atoms with E-state index in [9.17, 15) is 9.59 Å². The summed E-state index contributed by atoms with van der Waals surface area (Å²) in [5.41, 5.74) is 1.16. The molecule has 1 N–H and O–H groups in total. The molecule has 0 saturated heterocycles. The van der Waals surface area contributed by atoms with Gasteiger partial charge in [0.05, 0.1) is 30.4 Å². The van der Waals surface area contributed by atoms with Gasteiger partial charge < -0.3 is 9.47 Å². The predicted molar refractivity (Wildman–Crippen MR) is 86.9 cm³/mol. The highest BCUT2D eigenvalue weighted by Crippen LogP contribution is 2.31. The van der Waals surface area contributed by atoms with Crippen molar-refractivity contribution in [3.8, 4) is 11.5 Å². The number of ether oxygens (including phenoxy) is 2. The van der Waals surface area contributed by atoms with E-state index in [1.54, 1.807) is 25.3 Å². The van der Waals surface area contributed by atoms with Gasteiger partial charge in [-0.25, -0.2) is 4.98 Å². The Balaban J connectivity index is 1.83. The molecule has 0 fully saturated rings. The third-order valence-corrected chi connectivity index (χ3v) is 4.70. The van der Waals surface area contributed by atoms with Crippen LogP contribution in [0.1, 0.15) is 38.6 Å². The van der Waals surface area contributed by atoms with Crippen molar-refractivity contribution < 1.29 is 19.1 Å². The number of carbonyl (C=O) groups excluding carboxylic acids is 2. The largest absolute Gasteiger partial charge is 0.497 e. The number of anilines is 1. The van der Waals surface area contributed by atoms with E-state index in [1.165, 1.54) is 18.4 Å². The minimum Gasteiger partial charge on any atom is -0.497 e. The first-order chi connectivity index (χ1) is 11.1. The summed E-state index contributed by atoms with van der Waals surface area (Å²) in [6.07, 6.45) is 2.14. The number of benzene rings is 1. The van der Waals surface area contributed by atoms with E-state index in [4.69, 9.17) is 9.47 Å². The summed E-state index contributed by atoms with van der Waals surface area (Å²) in [7, 11) is 3.04. The minimum atomic E-state index is -0.331. The molecule has 1 aromatic carbocycles. The molecule has 0 atom stereocenters. The number of aryl methyl sites for hydroxylation is 1. The molecule has 7 heteroatoms. The third kappa shape index (κ3) is 3.05. The van der Waals surface area contributed by atoms with E-state index in [-0.39, 0.29) is 11.7 Å². The highest BCUT2D eigenvalue weighted by atomic mass is 32.1. The lowest BCUT2D eigenvalue weighted by Crippen LogP contribution is -2.13. The second-order valence-corrected chi connectivity index (χ2v) is 6.09. The number of aromatic nitrogens is 1. The van der Waals surface area contributed by atoms with Gasteiger partial charge in [0.15, 0.2) is 10.9 Å². The predicted octanol–water partition coefficient (Wildman–Crippen LogP) is 2.93.